The Kier molecular flexibility index (Phi) is 7.60. The summed E-state index contributed by atoms with van der Waals surface area (Å²) in [5.74, 6) is 0. The molecule has 0 saturated heterocycles. The number of rotatable bonds is 3. The first-order chi connectivity index (χ1) is 15.7. The van der Waals surface area contributed by atoms with Crippen LogP contribution in [0.3, 0.4) is 0 Å². The Labute approximate surface area is 224 Å². The van der Waals surface area contributed by atoms with Crippen LogP contribution >= 0.6 is 39.1 Å². The third kappa shape index (κ3) is 3.91. The maximum Gasteiger partial charge on any atom is 0.0795 e. The highest BCUT2D eigenvalue weighted by Gasteiger charge is 2.30. The third-order valence-electron chi connectivity index (χ3n) is 8.34. The normalized spacial score (nSPS) is 11.4. The molecule has 0 aliphatic carbocycles. The summed E-state index contributed by atoms with van der Waals surface area (Å²) in [5, 5.41) is 1.42. The molecule has 1 nitrogen and oxygen atoms in total. The monoisotopic (exact) mass is 559 g/mol. The van der Waals surface area contributed by atoms with Gasteiger partial charge in [-0.2, -0.15) is 0 Å². The first-order valence-electron chi connectivity index (χ1n) is 11.7. The van der Waals surface area contributed by atoms with Crippen molar-refractivity contribution in [3.8, 4) is 0 Å². The fourth-order valence-electron chi connectivity index (χ4n) is 5.15. The summed E-state index contributed by atoms with van der Waals surface area (Å²) in [6, 6.07) is 0. The first kappa shape index (κ1) is 27.1. The van der Waals surface area contributed by atoms with E-state index >= 15 is 0 Å². The molecular weight excluding hydrogens is 525 g/mol. The van der Waals surface area contributed by atoms with E-state index in [0.717, 1.165) is 26.3 Å². The average molecular weight is 561 g/mol. The Hall–Kier alpha value is -1.48. The first-order valence-corrected chi connectivity index (χ1v) is 13.3. The van der Waals surface area contributed by atoms with Crippen LogP contribution in [0.5, 0.6) is 0 Å². The zero-order chi connectivity index (χ0) is 26.0. The van der Waals surface area contributed by atoms with E-state index in [9.17, 15) is 0 Å². The van der Waals surface area contributed by atoms with E-state index in [1.54, 1.807) is 0 Å². The minimum absolute atomic E-state index is 0.684. The van der Waals surface area contributed by atoms with Crippen molar-refractivity contribution < 1.29 is 0 Å². The van der Waals surface area contributed by atoms with Crippen LogP contribution < -0.4 is 4.90 Å². The van der Waals surface area contributed by atoms with Gasteiger partial charge in [-0.15, -0.1) is 0 Å². The van der Waals surface area contributed by atoms with Crippen LogP contribution in [0.1, 0.15) is 66.8 Å². The molecule has 182 valence electrons. The molecule has 34 heavy (non-hydrogen) atoms. The molecule has 0 fully saturated rings. The summed E-state index contributed by atoms with van der Waals surface area (Å²) in [7, 11) is 0. The lowest BCUT2D eigenvalue weighted by molar-refractivity contribution is 1.09. The Morgan fingerprint density at radius 1 is 0.382 bits per heavy atom. The summed E-state index contributed by atoms with van der Waals surface area (Å²) < 4.78 is 0.844. The molecular formula is C30H36BrCl2N. The van der Waals surface area contributed by atoms with Crippen molar-refractivity contribution in [2.45, 2.75) is 83.1 Å². The molecule has 0 bridgehead atoms. The van der Waals surface area contributed by atoms with Gasteiger partial charge in [0.2, 0.25) is 0 Å². The molecule has 3 rings (SSSR count). The maximum atomic E-state index is 7.15. The molecule has 0 atom stereocenters. The number of nitrogens with zero attached hydrogens (tertiary/aromatic N) is 1. The minimum Gasteiger partial charge on any atom is -0.308 e. The highest BCUT2D eigenvalue weighted by Crippen LogP contribution is 2.52. The number of hydrogen-bond acceptors (Lipinski definition) is 1. The van der Waals surface area contributed by atoms with Gasteiger partial charge in [0, 0.05) is 9.50 Å². The van der Waals surface area contributed by atoms with E-state index in [-0.39, 0.29) is 0 Å². The Morgan fingerprint density at radius 3 is 1.00 bits per heavy atom. The van der Waals surface area contributed by atoms with E-state index in [0.29, 0.717) is 5.02 Å². The summed E-state index contributed by atoms with van der Waals surface area (Å²) >= 11 is 17.8. The predicted molar refractivity (Wildman–Crippen MR) is 156 cm³/mol. The van der Waals surface area contributed by atoms with Gasteiger partial charge in [-0.25, -0.2) is 0 Å². The Balaban J connectivity index is 2.68. The molecule has 0 saturated carbocycles. The highest BCUT2D eigenvalue weighted by molar-refractivity contribution is 9.10. The lowest BCUT2D eigenvalue weighted by Gasteiger charge is -2.36. The standard InChI is InChI=1S/C30H36BrCl2N/c1-13-15(3)19(7)28(20(8)16(13)4)34(29-21(9)17(5)14(2)18(6)22(29)10)30-24(12)26(32)23(11)25(31)27(30)33/h1-12H3. The van der Waals surface area contributed by atoms with Crippen LogP contribution in [0, 0.1) is 83.1 Å². The summed E-state index contributed by atoms with van der Waals surface area (Å²) in [6.45, 7) is 26.3. The molecule has 3 aromatic carbocycles. The van der Waals surface area contributed by atoms with Crippen molar-refractivity contribution in [1.82, 2.24) is 0 Å². The second-order valence-corrected chi connectivity index (χ2v) is 11.4. The van der Waals surface area contributed by atoms with Crippen LogP contribution in [-0.4, -0.2) is 0 Å². The van der Waals surface area contributed by atoms with Gasteiger partial charge in [0.1, 0.15) is 0 Å². The van der Waals surface area contributed by atoms with Crippen molar-refractivity contribution in [3.63, 3.8) is 0 Å². The lowest BCUT2D eigenvalue weighted by atomic mass is 9.88. The van der Waals surface area contributed by atoms with E-state index < -0.39 is 0 Å². The number of hydrogen-bond donors (Lipinski definition) is 0. The molecule has 0 unspecified atom stereocenters. The molecule has 0 aliphatic heterocycles. The van der Waals surface area contributed by atoms with Gasteiger partial charge in [-0.3, -0.25) is 0 Å². The zero-order valence-corrected chi connectivity index (χ0v) is 25.7. The van der Waals surface area contributed by atoms with Gasteiger partial charge in [-0.05, 0) is 166 Å². The number of anilines is 3. The molecule has 0 amide bonds. The molecule has 0 heterocycles. The van der Waals surface area contributed by atoms with Gasteiger partial charge in [0.25, 0.3) is 0 Å². The average Bonchev–Trinajstić information content (AvgIpc) is 2.81. The Bertz CT molecular complexity index is 1100. The molecule has 0 spiro atoms. The quantitative estimate of drug-likeness (QED) is 0.288. The van der Waals surface area contributed by atoms with Gasteiger partial charge in [-0.1, -0.05) is 23.2 Å². The number of halogens is 3. The van der Waals surface area contributed by atoms with E-state index in [1.165, 1.54) is 67.0 Å². The fraction of sp³-hybridized carbons (Fsp3) is 0.400. The third-order valence-corrected chi connectivity index (χ3v) is 10.5. The Morgan fingerprint density at radius 2 is 0.676 bits per heavy atom. The van der Waals surface area contributed by atoms with Gasteiger partial charge < -0.3 is 4.90 Å². The topological polar surface area (TPSA) is 3.24 Å². The second kappa shape index (κ2) is 9.52. The molecule has 0 N–H and O–H groups in total. The van der Waals surface area contributed by atoms with Crippen molar-refractivity contribution in [1.29, 1.82) is 0 Å². The molecule has 0 radical (unpaired) electrons. The molecule has 4 heteroatoms. The zero-order valence-electron chi connectivity index (χ0n) is 22.6. The van der Waals surface area contributed by atoms with Crippen LogP contribution in [-0.2, 0) is 0 Å². The predicted octanol–water partition coefficient (Wildman–Crippen LogP) is 10.9. The summed E-state index contributed by atoms with van der Waals surface area (Å²) in [5.41, 5.74) is 18.2. The van der Waals surface area contributed by atoms with Crippen molar-refractivity contribution in [2.75, 3.05) is 4.90 Å². The van der Waals surface area contributed by atoms with Gasteiger partial charge in [0.15, 0.2) is 0 Å². The van der Waals surface area contributed by atoms with Crippen molar-refractivity contribution in [2.24, 2.45) is 0 Å². The van der Waals surface area contributed by atoms with E-state index in [2.05, 4.69) is 97.0 Å². The minimum atomic E-state index is 0.684. The molecule has 3 aromatic rings. The largest absolute Gasteiger partial charge is 0.308 e. The van der Waals surface area contributed by atoms with Crippen molar-refractivity contribution >= 4 is 56.2 Å². The summed E-state index contributed by atoms with van der Waals surface area (Å²) in [4.78, 5) is 2.39. The fourth-order valence-corrected chi connectivity index (χ4v) is 6.20. The molecule has 0 aliphatic rings. The summed E-state index contributed by atoms with van der Waals surface area (Å²) in [6.07, 6.45) is 0. The van der Waals surface area contributed by atoms with Crippen molar-refractivity contribution in [3.05, 3.63) is 81.3 Å². The van der Waals surface area contributed by atoms with Crippen LogP contribution in [0.4, 0.5) is 17.1 Å². The smallest absolute Gasteiger partial charge is 0.0795 e. The van der Waals surface area contributed by atoms with E-state index in [1.807, 2.05) is 6.92 Å². The van der Waals surface area contributed by atoms with Crippen LogP contribution in [0.15, 0.2) is 4.47 Å². The lowest BCUT2D eigenvalue weighted by Crippen LogP contribution is -2.20. The van der Waals surface area contributed by atoms with Crippen LogP contribution in [0.2, 0.25) is 10.0 Å². The second-order valence-electron chi connectivity index (χ2n) is 9.82. The maximum absolute atomic E-state index is 7.15. The van der Waals surface area contributed by atoms with Gasteiger partial charge in [0.05, 0.1) is 22.1 Å². The molecule has 0 aromatic heterocycles. The highest BCUT2D eigenvalue weighted by atomic mass is 79.9. The van der Waals surface area contributed by atoms with Crippen LogP contribution in [0.25, 0.3) is 0 Å². The SMILES string of the molecule is Cc1c(C)c(C)c(N(c2c(C)c(C)c(C)c(C)c2C)c2c(C)c(Cl)c(C)c(Br)c2Cl)c(C)c1C. The van der Waals surface area contributed by atoms with Gasteiger partial charge >= 0.3 is 0 Å². The van der Waals surface area contributed by atoms with E-state index in [4.69, 9.17) is 23.2 Å². The number of benzene rings is 3.